The first kappa shape index (κ1) is 11.8. The highest BCUT2D eigenvalue weighted by Gasteiger charge is 2.28. The third-order valence-electron chi connectivity index (χ3n) is 1.72. The average Bonchev–Trinajstić information content (AvgIpc) is 2.26. The van der Waals surface area contributed by atoms with Crippen LogP contribution in [0.3, 0.4) is 0 Å². The van der Waals surface area contributed by atoms with E-state index in [9.17, 15) is 18.9 Å². The summed E-state index contributed by atoms with van der Waals surface area (Å²) < 4.78 is 29.4. The molecule has 0 aliphatic heterocycles. The van der Waals surface area contributed by atoms with E-state index < -0.39 is 28.4 Å². The largest absolute Gasteiger partial charge is 0.489 e. The van der Waals surface area contributed by atoms with Crippen molar-refractivity contribution in [3.8, 4) is 11.8 Å². The van der Waals surface area contributed by atoms with Crippen LogP contribution in [-0.4, -0.2) is 17.0 Å². The summed E-state index contributed by atoms with van der Waals surface area (Å²) in [5.74, 6) is -1.16. The monoisotopic (exact) mass is 229 g/mol. The summed E-state index contributed by atoms with van der Waals surface area (Å²) in [4.78, 5) is 12.7. The first-order valence-corrected chi connectivity index (χ1v) is 3.92. The van der Waals surface area contributed by atoms with E-state index in [2.05, 4.69) is 9.72 Å². The van der Waals surface area contributed by atoms with Gasteiger partial charge in [0.15, 0.2) is 0 Å². The Labute approximate surface area is 88.2 Å². The van der Waals surface area contributed by atoms with Crippen LogP contribution in [0, 0.1) is 21.4 Å². The second kappa shape index (κ2) is 4.48. The number of nitriles is 1. The van der Waals surface area contributed by atoms with E-state index in [0.29, 0.717) is 0 Å². The molecular formula is C8H5F2N3O3. The Morgan fingerprint density at radius 1 is 1.69 bits per heavy atom. The number of alkyl halides is 2. The van der Waals surface area contributed by atoms with E-state index in [1.807, 2.05) is 0 Å². The highest BCUT2D eigenvalue weighted by molar-refractivity contribution is 5.49. The zero-order valence-corrected chi connectivity index (χ0v) is 7.98. The molecule has 84 valence electrons. The van der Waals surface area contributed by atoms with Crippen molar-refractivity contribution in [2.24, 2.45) is 0 Å². The quantitative estimate of drug-likeness (QED) is 0.582. The van der Waals surface area contributed by atoms with E-state index >= 15 is 0 Å². The molecule has 1 rings (SSSR count). The summed E-state index contributed by atoms with van der Waals surface area (Å²) in [7, 11) is 1.12. The standard InChI is InChI=1S/C8H5F2N3O3/c1-16-5-2-4(3-11)6(7(9)10)12-8(5)13(14)15/h2,7H,1H3. The predicted octanol–water partition coefficient (Wildman–Crippen LogP) is 1.81. The lowest BCUT2D eigenvalue weighted by atomic mass is 10.2. The molecule has 6 nitrogen and oxygen atoms in total. The van der Waals surface area contributed by atoms with Crippen molar-refractivity contribution in [1.82, 2.24) is 4.98 Å². The Hall–Kier alpha value is -2.30. The zero-order chi connectivity index (χ0) is 12.3. The van der Waals surface area contributed by atoms with E-state index in [4.69, 9.17) is 5.26 Å². The van der Waals surface area contributed by atoms with Crippen LogP contribution in [0.25, 0.3) is 0 Å². The lowest BCUT2D eigenvalue weighted by Crippen LogP contribution is -2.03. The molecule has 0 radical (unpaired) electrons. The molecule has 0 fully saturated rings. The third-order valence-corrected chi connectivity index (χ3v) is 1.72. The molecule has 0 unspecified atom stereocenters. The maximum atomic E-state index is 12.4. The highest BCUT2D eigenvalue weighted by atomic mass is 19.3. The molecular weight excluding hydrogens is 224 g/mol. The SMILES string of the molecule is COc1cc(C#N)c(C(F)F)nc1[N+](=O)[O-]. The van der Waals surface area contributed by atoms with Gasteiger partial charge in [-0.15, -0.1) is 0 Å². The van der Waals surface area contributed by atoms with Gasteiger partial charge >= 0.3 is 12.2 Å². The van der Waals surface area contributed by atoms with Crippen molar-refractivity contribution in [2.45, 2.75) is 6.43 Å². The average molecular weight is 229 g/mol. The van der Waals surface area contributed by atoms with E-state index in [1.54, 1.807) is 0 Å². The van der Waals surface area contributed by atoms with Crippen molar-refractivity contribution in [2.75, 3.05) is 7.11 Å². The molecule has 0 aromatic carbocycles. The minimum absolute atomic E-state index is 0.328. The number of nitro groups is 1. The van der Waals surface area contributed by atoms with Crippen molar-refractivity contribution in [3.05, 3.63) is 27.4 Å². The first-order chi connectivity index (χ1) is 7.51. The van der Waals surface area contributed by atoms with E-state index in [-0.39, 0.29) is 5.75 Å². The maximum Gasteiger partial charge on any atom is 0.406 e. The van der Waals surface area contributed by atoms with Crippen molar-refractivity contribution in [1.29, 1.82) is 5.26 Å². The molecule has 0 aliphatic carbocycles. The highest BCUT2D eigenvalue weighted by Crippen LogP contribution is 2.30. The van der Waals surface area contributed by atoms with Crippen LogP contribution in [-0.2, 0) is 0 Å². The minimum atomic E-state index is -3.06. The zero-order valence-electron chi connectivity index (χ0n) is 7.98. The number of hydrogen-bond donors (Lipinski definition) is 0. The van der Waals surface area contributed by atoms with Crippen LogP contribution in [0.2, 0.25) is 0 Å². The molecule has 0 atom stereocenters. The van der Waals surface area contributed by atoms with Crippen LogP contribution < -0.4 is 4.74 Å². The van der Waals surface area contributed by atoms with Crippen molar-refractivity contribution >= 4 is 5.82 Å². The smallest absolute Gasteiger partial charge is 0.406 e. The number of methoxy groups -OCH3 is 1. The lowest BCUT2D eigenvalue weighted by Gasteiger charge is -2.03. The molecule has 1 aromatic rings. The summed E-state index contributed by atoms with van der Waals surface area (Å²) in [6.45, 7) is 0. The first-order valence-electron chi connectivity index (χ1n) is 3.92. The van der Waals surface area contributed by atoms with E-state index in [1.165, 1.54) is 6.07 Å². The van der Waals surface area contributed by atoms with Crippen LogP contribution in [0.1, 0.15) is 17.7 Å². The fourth-order valence-electron chi connectivity index (χ4n) is 1.04. The number of pyridine rings is 1. The van der Waals surface area contributed by atoms with Gasteiger partial charge in [0.2, 0.25) is 11.4 Å². The summed E-state index contributed by atoms with van der Waals surface area (Å²) in [6, 6.07) is 2.34. The van der Waals surface area contributed by atoms with Gasteiger partial charge < -0.3 is 14.9 Å². The molecule has 1 heterocycles. The molecule has 0 saturated heterocycles. The second-order valence-electron chi connectivity index (χ2n) is 2.62. The van der Waals surface area contributed by atoms with E-state index in [0.717, 1.165) is 13.2 Å². The molecule has 0 aliphatic rings. The van der Waals surface area contributed by atoms with Gasteiger partial charge in [-0.1, -0.05) is 0 Å². The van der Waals surface area contributed by atoms with Crippen molar-refractivity contribution in [3.63, 3.8) is 0 Å². The second-order valence-corrected chi connectivity index (χ2v) is 2.62. The van der Waals surface area contributed by atoms with Gasteiger partial charge in [-0.2, -0.15) is 5.26 Å². The molecule has 0 bridgehead atoms. The van der Waals surface area contributed by atoms with Gasteiger partial charge in [-0.05, 0) is 9.91 Å². The Kier molecular flexibility index (Phi) is 3.30. The maximum absolute atomic E-state index is 12.4. The van der Waals surface area contributed by atoms with Gasteiger partial charge in [-0.3, -0.25) is 0 Å². The van der Waals surface area contributed by atoms with Gasteiger partial charge in [0.25, 0.3) is 0 Å². The Morgan fingerprint density at radius 3 is 2.69 bits per heavy atom. The number of hydrogen-bond acceptors (Lipinski definition) is 5. The summed E-state index contributed by atoms with van der Waals surface area (Å²) in [5, 5.41) is 19.1. The number of halogens is 2. The van der Waals surface area contributed by atoms with Crippen LogP contribution in [0.5, 0.6) is 5.75 Å². The predicted molar refractivity (Wildman–Crippen MR) is 47.1 cm³/mol. The third kappa shape index (κ3) is 2.03. The Bertz CT molecular complexity index is 470. The molecule has 0 N–H and O–H groups in total. The number of ether oxygens (including phenoxy) is 1. The number of nitrogens with zero attached hydrogens (tertiary/aromatic N) is 3. The Morgan fingerprint density at radius 2 is 2.31 bits per heavy atom. The van der Waals surface area contributed by atoms with Crippen LogP contribution >= 0.6 is 0 Å². The minimum Gasteiger partial charge on any atom is -0.489 e. The normalized spacial score (nSPS) is 9.94. The Balaban J connectivity index is 3.48. The summed E-state index contributed by atoms with van der Waals surface area (Å²) in [5.41, 5.74) is -1.37. The molecule has 8 heteroatoms. The van der Waals surface area contributed by atoms with Crippen molar-refractivity contribution < 1.29 is 18.4 Å². The van der Waals surface area contributed by atoms with Gasteiger partial charge in [-0.25, -0.2) is 8.78 Å². The lowest BCUT2D eigenvalue weighted by molar-refractivity contribution is -0.390. The summed E-state index contributed by atoms with van der Waals surface area (Å²) in [6.07, 6.45) is -3.06. The fourth-order valence-corrected chi connectivity index (χ4v) is 1.04. The van der Waals surface area contributed by atoms with Crippen LogP contribution in [0.4, 0.5) is 14.6 Å². The molecule has 0 saturated carbocycles. The summed E-state index contributed by atoms with van der Waals surface area (Å²) >= 11 is 0. The molecule has 1 aromatic heterocycles. The van der Waals surface area contributed by atoms with Crippen LogP contribution in [0.15, 0.2) is 6.07 Å². The molecule has 0 spiro atoms. The fraction of sp³-hybridized carbons (Fsp3) is 0.250. The van der Waals surface area contributed by atoms with Gasteiger partial charge in [0, 0.05) is 6.07 Å². The molecule has 0 amide bonds. The molecule has 16 heavy (non-hydrogen) atoms. The van der Waals surface area contributed by atoms with Gasteiger partial charge in [0.1, 0.15) is 11.6 Å². The number of aromatic nitrogens is 1. The number of rotatable bonds is 3. The van der Waals surface area contributed by atoms with Gasteiger partial charge in [0.05, 0.1) is 7.11 Å². The topological polar surface area (TPSA) is 89.0 Å².